The van der Waals surface area contributed by atoms with E-state index in [-0.39, 0.29) is 5.30 Å². The first-order valence-corrected chi connectivity index (χ1v) is 6.44. The maximum absolute atomic E-state index is 11.8. The van der Waals surface area contributed by atoms with E-state index in [2.05, 4.69) is 4.52 Å². The summed E-state index contributed by atoms with van der Waals surface area (Å²) in [6.07, 6.45) is 0. The number of carbonyl (C=O) groups excluding carboxylic acids is 1. The molecule has 1 aromatic rings. The molecule has 5 heteroatoms. The van der Waals surface area contributed by atoms with Crippen LogP contribution >= 0.6 is 7.60 Å². The molecule has 0 bridgehead atoms. The molecule has 16 heavy (non-hydrogen) atoms. The van der Waals surface area contributed by atoms with Gasteiger partial charge in [-0.05, 0) is 32.9 Å². The first-order valence-electron chi connectivity index (χ1n) is 4.86. The largest absolute Gasteiger partial charge is 0.410 e. The highest BCUT2D eigenvalue weighted by molar-refractivity contribution is 7.61. The van der Waals surface area contributed by atoms with Crippen molar-refractivity contribution in [3.63, 3.8) is 0 Å². The fraction of sp³-hybridized carbons (Fsp3) is 0.364. The predicted molar refractivity (Wildman–Crippen MR) is 61.4 cm³/mol. The van der Waals surface area contributed by atoms with E-state index in [0.29, 0.717) is 0 Å². The fourth-order valence-corrected chi connectivity index (χ4v) is 2.07. The molecule has 0 radical (unpaired) electrons. The normalized spacial score (nSPS) is 15.2. The third-order valence-electron chi connectivity index (χ3n) is 1.90. The van der Waals surface area contributed by atoms with E-state index in [1.165, 1.54) is 12.1 Å². The number of hydrogen-bond donors (Lipinski definition) is 1. The maximum atomic E-state index is 11.8. The van der Waals surface area contributed by atoms with Crippen molar-refractivity contribution in [2.24, 2.45) is 5.41 Å². The van der Waals surface area contributed by atoms with Crippen LogP contribution in [-0.4, -0.2) is 10.9 Å². The minimum absolute atomic E-state index is 0.118. The Morgan fingerprint density at radius 2 is 1.75 bits per heavy atom. The predicted octanol–water partition coefficient (Wildman–Crippen LogP) is 2.09. The molecule has 0 spiro atoms. The third-order valence-corrected chi connectivity index (χ3v) is 3.27. The smallest absolute Gasteiger partial charge is 0.388 e. The molecule has 0 saturated heterocycles. The second-order valence-electron chi connectivity index (χ2n) is 4.48. The number of benzene rings is 1. The van der Waals surface area contributed by atoms with Crippen LogP contribution in [-0.2, 0) is 13.9 Å². The minimum Gasteiger partial charge on any atom is -0.388 e. The molecule has 0 aliphatic heterocycles. The topological polar surface area (TPSA) is 63.6 Å². The number of carbonyl (C=O) groups is 1. The Bertz CT molecular complexity index is 419. The van der Waals surface area contributed by atoms with Gasteiger partial charge < -0.3 is 9.42 Å². The van der Waals surface area contributed by atoms with Gasteiger partial charge in [-0.3, -0.25) is 4.79 Å². The van der Waals surface area contributed by atoms with Crippen molar-refractivity contribution < 1.29 is 18.8 Å². The highest BCUT2D eigenvalue weighted by Crippen LogP contribution is 2.42. The lowest BCUT2D eigenvalue weighted by Gasteiger charge is -2.19. The molecular formula is C11H15O4P. The lowest BCUT2D eigenvalue weighted by Crippen LogP contribution is -2.23. The van der Waals surface area contributed by atoms with Gasteiger partial charge in [0.15, 0.2) is 0 Å². The van der Waals surface area contributed by atoms with Crippen LogP contribution in [0, 0.1) is 5.41 Å². The van der Waals surface area contributed by atoms with Crippen molar-refractivity contribution in [2.75, 3.05) is 0 Å². The van der Waals surface area contributed by atoms with E-state index in [9.17, 15) is 14.3 Å². The summed E-state index contributed by atoms with van der Waals surface area (Å²) >= 11 is 0. The van der Waals surface area contributed by atoms with Crippen LogP contribution < -0.4 is 5.30 Å². The molecule has 0 fully saturated rings. The Balaban J connectivity index is 2.90. The van der Waals surface area contributed by atoms with Gasteiger partial charge in [0.25, 0.3) is 0 Å². The van der Waals surface area contributed by atoms with Crippen molar-refractivity contribution in [3.8, 4) is 0 Å². The summed E-state index contributed by atoms with van der Waals surface area (Å²) in [7, 11) is -4.05. The first kappa shape index (κ1) is 12.9. The average molecular weight is 242 g/mol. The molecule has 1 rings (SSSR count). The highest BCUT2D eigenvalue weighted by Gasteiger charge is 2.32. The van der Waals surface area contributed by atoms with Gasteiger partial charge >= 0.3 is 13.6 Å². The Kier molecular flexibility index (Phi) is 3.56. The van der Waals surface area contributed by atoms with Gasteiger partial charge in [-0.25, -0.2) is 4.57 Å². The zero-order valence-electron chi connectivity index (χ0n) is 9.51. The Labute approximate surface area is 94.8 Å². The number of hydrogen-bond acceptors (Lipinski definition) is 3. The van der Waals surface area contributed by atoms with Gasteiger partial charge in [-0.1, -0.05) is 18.2 Å². The quantitative estimate of drug-likeness (QED) is 0.806. The second-order valence-corrected chi connectivity index (χ2v) is 6.22. The molecule has 0 heterocycles. The fourth-order valence-electron chi connectivity index (χ4n) is 0.918. The first-order chi connectivity index (χ1) is 7.23. The zero-order chi connectivity index (χ0) is 12.4. The Hall–Kier alpha value is -1.12. The summed E-state index contributed by atoms with van der Waals surface area (Å²) in [5, 5.41) is 0.118. The molecule has 1 atom stereocenters. The van der Waals surface area contributed by atoms with Gasteiger partial charge in [0.2, 0.25) is 0 Å². The van der Waals surface area contributed by atoms with Crippen LogP contribution in [0.1, 0.15) is 20.8 Å². The van der Waals surface area contributed by atoms with E-state index in [1.54, 1.807) is 39.0 Å². The highest BCUT2D eigenvalue weighted by atomic mass is 31.2. The van der Waals surface area contributed by atoms with Crippen molar-refractivity contribution in [2.45, 2.75) is 20.8 Å². The molecule has 0 amide bonds. The van der Waals surface area contributed by atoms with E-state index in [4.69, 9.17) is 0 Å². The molecule has 0 aliphatic carbocycles. The van der Waals surface area contributed by atoms with E-state index >= 15 is 0 Å². The van der Waals surface area contributed by atoms with Gasteiger partial charge in [0.1, 0.15) is 0 Å². The molecule has 1 unspecified atom stereocenters. The van der Waals surface area contributed by atoms with Crippen molar-refractivity contribution in [1.29, 1.82) is 0 Å². The summed E-state index contributed by atoms with van der Waals surface area (Å²) in [5.74, 6) is -0.692. The van der Waals surface area contributed by atoms with E-state index in [1.807, 2.05) is 0 Å². The van der Waals surface area contributed by atoms with Crippen molar-refractivity contribution in [1.82, 2.24) is 0 Å². The Morgan fingerprint density at radius 3 is 2.19 bits per heavy atom. The van der Waals surface area contributed by atoms with Gasteiger partial charge in [0, 0.05) is 0 Å². The molecule has 88 valence electrons. The van der Waals surface area contributed by atoms with E-state index in [0.717, 1.165) is 0 Å². The molecule has 0 saturated carbocycles. The van der Waals surface area contributed by atoms with Crippen LogP contribution in [0.3, 0.4) is 0 Å². The average Bonchev–Trinajstić information content (AvgIpc) is 2.17. The SMILES string of the molecule is CC(C)(C)C(=O)OP(=O)(O)c1ccccc1. The number of rotatable bonds is 2. The molecule has 0 aliphatic rings. The van der Waals surface area contributed by atoms with Crippen LogP contribution in [0.25, 0.3) is 0 Å². The summed E-state index contributed by atoms with van der Waals surface area (Å²) < 4.78 is 16.4. The molecular weight excluding hydrogens is 227 g/mol. The van der Waals surface area contributed by atoms with Gasteiger partial charge in [0.05, 0.1) is 10.7 Å². The van der Waals surface area contributed by atoms with Gasteiger partial charge in [-0.2, -0.15) is 0 Å². The summed E-state index contributed by atoms with van der Waals surface area (Å²) in [5.41, 5.74) is -0.798. The molecule has 4 nitrogen and oxygen atoms in total. The van der Waals surface area contributed by atoms with Crippen molar-refractivity contribution in [3.05, 3.63) is 30.3 Å². The molecule has 1 N–H and O–H groups in total. The summed E-state index contributed by atoms with van der Waals surface area (Å²) in [4.78, 5) is 21.1. The maximum Gasteiger partial charge on any atom is 0.410 e. The van der Waals surface area contributed by atoms with Crippen LogP contribution in [0.5, 0.6) is 0 Å². The van der Waals surface area contributed by atoms with Crippen LogP contribution in [0.2, 0.25) is 0 Å². The monoisotopic (exact) mass is 242 g/mol. The summed E-state index contributed by atoms with van der Waals surface area (Å²) in [6.45, 7) is 4.88. The van der Waals surface area contributed by atoms with Crippen LogP contribution in [0.15, 0.2) is 30.3 Å². The minimum atomic E-state index is -4.05. The third kappa shape index (κ3) is 3.19. The van der Waals surface area contributed by atoms with Crippen LogP contribution in [0.4, 0.5) is 0 Å². The molecule has 0 aromatic heterocycles. The zero-order valence-corrected chi connectivity index (χ0v) is 10.4. The van der Waals surface area contributed by atoms with E-state index < -0.39 is 19.0 Å². The standard InChI is InChI=1S/C11H15O4P/c1-11(2,3)10(12)15-16(13,14)9-7-5-4-6-8-9/h4-8H,1-3H3,(H,13,14). The Morgan fingerprint density at radius 1 is 1.25 bits per heavy atom. The van der Waals surface area contributed by atoms with Gasteiger partial charge in [-0.15, -0.1) is 0 Å². The van der Waals surface area contributed by atoms with Crippen molar-refractivity contribution >= 4 is 18.9 Å². The lowest BCUT2D eigenvalue weighted by molar-refractivity contribution is -0.143. The second kappa shape index (κ2) is 4.40. The lowest BCUT2D eigenvalue weighted by atomic mass is 9.98. The summed E-state index contributed by atoms with van der Waals surface area (Å²) in [6, 6.07) is 7.86. The molecule has 1 aromatic carbocycles.